The third-order valence-corrected chi connectivity index (χ3v) is 5.14. The fourth-order valence-electron chi connectivity index (χ4n) is 3.39. The predicted octanol–water partition coefficient (Wildman–Crippen LogP) is 1.68. The number of piperidine rings is 1. The Morgan fingerprint density at radius 2 is 1.96 bits per heavy atom. The summed E-state index contributed by atoms with van der Waals surface area (Å²) in [7, 11) is 0. The van der Waals surface area contributed by atoms with Gasteiger partial charge >= 0.3 is 11.7 Å². The normalized spacial score (nSPS) is 16.8. The Labute approximate surface area is 158 Å². The number of aromatic amines is 2. The van der Waals surface area contributed by atoms with Crippen molar-refractivity contribution in [1.82, 2.24) is 30.7 Å². The van der Waals surface area contributed by atoms with Crippen molar-refractivity contribution in [2.75, 3.05) is 19.6 Å². The molecule has 0 aliphatic carbocycles. The Balaban J connectivity index is 1.59. The number of aryl methyl sites for hydroxylation is 1. The molecule has 1 atom stereocenters. The molecule has 0 radical (unpaired) electrons. The largest absolute Gasteiger partial charge is 0.340 e. The van der Waals surface area contributed by atoms with Crippen molar-refractivity contribution in [3.63, 3.8) is 0 Å². The zero-order valence-corrected chi connectivity index (χ0v) is 15.9. The van der Waals surface area contributed by atoms with Crippen LogP contribution in [0, 0.1) is 12.8 Å². The lowest BCUT2D eigenvalue weighted by Gasteiger charge is -2.37. The van der Waals surface area contributed by atoms with Crippen LogP contribution >= 0.6 is 0 Å². The molecule has 1 saturated heterocycles. The Morgan fingerprint density at radius 1 is 1.26 bits per heavy atom. The second kappa shape index (κ2) is 8.85. The van der Waals surface area contributed by atoms with Crippen molar-refractivity contribution in [2.45, 2.75) is 39.3 Å². The number of aromatic nitrogens is 3. The molecule has 0 bridgehead atoms. The smallest absolute Gasteiger partial charge is 0.336 e. The van der Waals surface area contributed by atoms with Gasteiger partial charge in [0.1, 0.15) is 5.82 Å². The molecule has 1 aromatic heterocycles. The number of nitrogens with zero attached hydrogens (tertiary/aromatic N) is 2. The van der Waals surface area contributed by atoms with Gasteiger partial charge in [-0.15, -0.1) is 0 Å². The minimum atomic E-state index is -0.383. The minimum absolute atomic E-state index is 0.147. The lowest BCUT2D eigenvalue weighted by atomic mass is 9.95. The second-order valence-corrected chi connectivity index (χ2v) is 7.33. The van der Waals surface area contributed by atoms with Gasteiger partial charge < -0.3 is 10.6 Å². The van der Waals surface area contributed by atoms with Crippen LogP contribution in [0.15, 0.2) is 29.1 Å². The van der Waals surface area contributed by atoms with Crippen LogP contribution in [-0.4, -0.2) is 45.7 Å². The molecule has 1 fully saturated rings. The standard InChI is InChI=1S/C19H28N6O2/c1-13-3-5-15(6-4-13)16(25-9-7-14(2)8-10-25)11-20-18(26)21-12-17-22-19(27)24-23-17/h3-6,14,16H,7-12H2,1-2H3,(H2,20,21,26)(H2,22,23,24,27). The van der Waals surface area contributed by atoms with Gasteiger partial charge in [0.25, 0.3) is 0 Å². The average molecular weight is 372 g/mol. The summed E-state index contributed by atoms with van der Waals surface area (Å²) in [5.41, 5.74) is 2.06. The van der Waals surface area contributed by atoms with E-state index in [9.17, 15) is 9.59 Å². The number of carbonyl (C=O) groups is 1. The molecule has 2 heterocycles. The first-order chi connectivity index (χ1) is 13.0. The lowest BCUT2D eigenvalue weighted by molar-refractivity contribution is 0.136. The van der Waals surface area contributed by atoms with Crippen LogP contribution in [0.1, 0.15) is 42.8 Å². The van der Waals surface area contributed by atoms with Gasteiger partial charge in [0.2, 0.25) is 0 Å². The number of amides is 2. The fourth-order valence-corrected chi connectivity index (χ4v) is 3.39. The van der Waals surface area contributed by atoms with Crippen molar-refractivity contribution in [3.05, 3.63) is 51.7 Å². The van der Waals surface area contributed by atoms with Crippen molar-refractivity contribution in [2.24, 2.45) is 5.92 Å². The maximum Gasteiger partial charge on any atom is 0.340 e. The zero-order chi connectivity index (χ0) is 19.2. The summed E-state index contributed by atoms with van der Waals surface area (Å²) in [6, 6.07) is 8.39. The molecular formula is C19H28N6O2. The molecule has 146 valence electrons. The van der Waals surface area contributed by atoms with Gasteiger partial charge in [-0.2, -0.15) is 5.10 Å². The molecule has 1 aliphatic rings. The monoisotopic (exact) mass is 372 g/mol. The van der Waals surface area contributed by atoms with Crippen LogP contribution in [-0.2, 0) is 6.54 Å². The number of H-pyrrole nitrogens is 2. The van der Waals surface area contributed by atoms with Crippen LogP contribution in [0.4, 0.5) is 4.79 Å². The second-order valence-electron chi connectivity index (χ2n) is 7.33. The van der Waals surface area contributed by atoms with E-state index in [1.807, 2.05) is 0 Å². The third-order valence-electron chi connectivity index (χ3n) is 5.14. The Hall–Kier alpha value is -2.61. The summed E-state index contributed by atoms with van der Waals surface area (Å²) >= 11 is 0. The molecule has 1 unspecified atom stereocenters. The SMILES string of the molecule is Cc1ccc(C(CNC(=O)NCc2n[nH]c(=O)[nH]2)N2CCC(C)CC2)cc1. The van der Waals surface area contributed by atoms with Crippen LogP contribution < -0.4 is 16.3 Å². The van der Waals surface area contributed by atoms with E-state index in [-0.39, 0.29) is 24.3 Å². The number of benzene rings is 1. The fraction of sp³-hybridized carbons (Fsp3) is 0.526. The first-order valence-corrected chi connectivity index (χ1v) is 9.47. The highest BCUT2D eigenvalue weighted by atomic mass is 16.2. The summed E-state index contributed by atoms with van der Waals surface area (Å²) in [5.74, 6) is 1.16. The molecule has 4 N–H and O–H groups in total. The summed E-state index contributed by atoms with van der Waals surface area (Å²) < 4.78 is 0. The molecular weight excluding hydrogens is 344 g/mol. The number of urea groups is 1. The molecule has 2 amide bonds. The topological polar surface area (TPSA) is 106 Å². The van der Waals surface area contributed by atoms with Gasteiger partial charge in [0, 0.05) is 6.54 Å². The summed E-state index contributed by atoms with van der Waals surface area (Å²) in [6.07, 6.45) is 2.36. The van der Waals surface area contributed by atoms with Crippen molar-refractivity contribution in [1.29, 1.82) is 0 Å². The summed E-state index contributed by atoms with van der Waals surface area (Å²) in [5, 5.41) is 11.7. The number of hydrogen-bond donors (Lipinski definition) is 4. The van der Waals surface area contributed by atoms with E-state index >= 15 is 0 Å². The minimum Gasteiger partial charge on any atom is -0.336 e. The lowest BCUT2D eigenvalue weighted by Crippen LogP contribution is -2.44. The maximum absolute atomic E-state index is 12.2. The van der Waals surface area contributed by atoms with E-state index in [4.69, 9.17) is 0 Å². The first-order valence-electron chi connectivity index (χ1n) is 9.47. The van der Waals surface area contributed by atoms with Crippen LogP contribution in [0.2, 0.25) is 0 Å². The number of nitrogens with one attached hydrogen (secondary N) is 4. The molecule has 27 heavy (non-hydrogen) atoms. The van der Waals surface area contributed by atoms with E-state index in [0.717, 1.165) is 19.0 Å². The van der Waals surface area contributed by atoms with Crippen molar-refractivity contribution >= 4 is 6.03 Å². The summed E-state index contributed by atoms with van der Waals surface area (Å²) in [6.45, 7) is 7.14. The predicted molar refractivity (Wildman–Crippen MR) is 103 cm³/mol. The van der Waals surface area contributed by atoms with Crippen LogP contribution in [0.3, 0.4) is 0 Å². The van der Waals surface area contributed by atoms with Gasteiger partial charge in [-0.3, -0.25) is 9.88 Å². The Bertz CT molecular complexity index is 789. The third kappa shape index (κ3) is 5.43. The highest BCUT2D eigenvalue weighted by Crippen LogP contribution is 2.26. The highest BCUT2D eigenvalue weighted by molar-refractivity contribution is 5.73. The van der Waals surface area contributed by atoms with E-state index in [1.165, 1.54) is 24.0 Å². The number of rotatable bonds is 6. The van der Waals surface area contributed by atoms with Crippen LogP contribution in [0.25, 0.3) is 0 Å². The number of carbonyl (C=O) groups excluding carboxylic acids is 1. The van der Waals surface area contributed by atoms with Gasteiger partial charge in [-0.1, -0.05) is 36.8 Å². The quantitative estimate of drug-likeness (QED) is 0.619. The van der Waals surface area contributed by atoms with E-state index < -0.39 is 0 Å². The molecule has 1 aliphatic heterocycles. The molecule has 2 aromatic rings. The Kier molecular flexibility index (Phi) is 6.28. The molecule has 8 heteroatoms. The summed E-state index contributed by atoms with van der Waals surface area (Å²) in [4.78, 5) is 28.2. The maximum atomic E-state index is 12.2. The van der Waals surface area contributed by atoms with Gasteiger partial charge in [-0.25, -0.2) is 14.7 Å². The number of likely N-dealkylation sites (tertiary alicyclic amines) is 1. The van der Waals surface area contributed by atoms with Crippen molar-refractivity contribution < 1.29 is 4.79 Å². The zero-order valence-electron chi connectivity index (χ0n) is 15.9. The van der Waals surface area contributed by atoms with Crippen LogP contribution in [0.5, 0.6) is 0 Å². The molecule has 8 nitrogen and oxygen atoms in total. The molecule has 0 saturated carbocycles. The van der Waals surface area contributed by atoms with Gasteiger partial charge in [0.05, 0.1) is 12.6 Å². The van der Waals surface area contributed by atoms with Crippen molar-refractivity contribution in [3.8, 4) is 0 Å². The Morgan fingerprint density at radius 3 is 2.59 bits per heavy atom. The molecule has 0 spiro atoms. The van der Waals surface area contributed by atoms with Gasteiger partial charge in [-0.05, 0) is 44.3 Å². The average Bonchev–Trinajstić information content (AvgIpc) is 3.08. The first kappa shape index (κ1) is 19.2. The van der Waals surface area contributed by atoms with E-state index in [1.54, 1.807) is 0 Å². The van der Waals surface area contributed by atoms with Gasteiger partial charge in [0.15, 0.2) is 0 Å². The highest BCUT2D eigenvalue weighted by Gasteiger charge is 2.25. The molecule has 1 aromatic carbocycles. The van der Waals surface area contributed by atoms with E-state index in [0.29, 0.717) is 12.4 Å². The van der Waals surface area contributed by atoms with E-state index in [2.05, 4.69) is 68.8 Å². The molecule has 3 rings (SSSR count). The number of hydrogen-bond acceptors (Lipinski definition) is 4.